The van der Waals surface area contributed by atoms with Gasteiger partial charge in [-0.2, -0.15) is 0 Å². The summed E-state index contributed by atoms with van der Waals surface area (Å²) in [4.78, 5) is 10.5. The smallest absolute Gasteiger partial charge is 0.231 e. The zero-order valence-corrected chi connectivity index (χ0v) is 8.97. The van der Waals surface area contributed by atoms with Crippen LogP contribution >= 0.6 is 0 Å². The van der Waals surface area contributed by atoms with Gasteiger partial charge in [0.1, 0.15) is 0 Å². The van der Waals surface area contributed by atoms with Crippen molar-refractivity contribution in [3.8, 4) is 0 Å². The van der Waals surface area contributed by atoms with E-state index in [1.807, 2.05) is 0 Å². The Morgan fingerprint density at radius 3 is 2.38 bits per heavy atom. The van der Waals surface area contributed by atoms with E-state index in [-0.39, 0.29) is 5.91 Å². The molecular weight excluding hydrogens is 164 g/mol. The lowest BCUT2D eigenvalue weighted by molar-refractivity contribution is -0.117. The molecule has 0 aromatic carbocycles. The molecule has 0 saturated heterocycles. The Morgan fingerprint density at radius 1 is 1.38 bits per heavy atom. The largest absolute Gasteiger partial charge is 0.369 e. The topological polar surface area (TPSA) is 55.1 Å². The van der Waals surface area contributed by atoms with Crippen LogP contribution in [0.1, 0.15) is 40.0 Å². The van der Waals surface area contributed by atoms with E-state index in [0.29, 0.717) is 18.5 Å². The Balaban J connectivity index is 3.68. The fraction of sp³-hybridized carbons (Fsp3) is 0.900. The molecule has 0 aromatic heterocycles. The zero-order valence-electron chi connectivity index (χ0n) is 8.97. The van der Waals surface area contributed by atoms with Crippen LogP contribution in [0.2, 0.25) is 0 Å². The predicted octanol–water partition coefficient (Wildman–Crippen LogP) is 1.28. The summed E-state index contributed by atoms with van der Waals surface area (Å²) in [6, 6.07) is 0.433. The van der Waals surface area contributed by atoms with Crippen LogP contribution in [0.15, 0.2) is 0 Å². The molecule has 2 atom stereocenters. The molecule has 0 bridgehead atoms. The van der Waals surface area contributed by atoms with Gasteiger partial charge in [-0.3, -0.25) is 4.79 Å². The third-order valence-electron chi connectivity index (χ3n) is 2.44. The molecule has 0 aromatic rings. The Hall–Kier alpha value is -0.570. The number of nitrogens with one attached hydrogen (secondary N) is 1. The molecule has 0 aliphatic heterocycles. The maximum absolute atomic E-state index is 10.5. The molecule has 2 unspecified atom stereocenters. The summed E-state index contributed by atoms with van der Waals surface area (Å²) in [5.74, 6) is 0.438. The van der Waals surface area contributed by atoms with Crippen molar-refractivity contribution in [1.29, 1.82) is 0 Å². The van der Waals surface area contributed by atoms with Crippen LogP contribution in [-0.4, -0.2) is 18.5 Å². The van der Waals surface area contributed by atoms with Crippen LogP contribution in [0, 0.1) is 5.92 Å². The molecule has 0 aliphatic carbocycles. The van der Waals surface area contributed by atoms with Crippen molar-refractivity contribution in [2.75, 3.05) is 6.54 Å². The third-order valence-corrected chi connectivity index (χ3v) is 2.44. The van der Waals surface area contributed by atoms with Crippen molar-refractivity contribution in [3.05, 3.63) is 0 Å². The van der Waals surface area contributed by atoms with Gasteiger partial charge in [0.05, 0.1) is 6.54 Å². The Morgan fingerprint density at radius 2 is 2.00 bits per heavy atom. The van der Waals surface area contributed by atoms with Gasteiger partial charge in [-0.1, -0.05) is 27.2 Å². The third kappa shape index (κ3) is 6.58. The molecule has 0 aliphatic rings. The first-order valence-electron chi connectivity index (χ1n) is 5.11. The highest BCUT2D eigenvalue weighted by molar-refractivity contribution is 5.75. The van der Waals surface area contributed by atoms with Crippen LogP contribution < -0.4 is 11.1 Å². The Bertz CT molecular complexity index is 148. The van der Waals surface area contributed by atoms with Crippen LogP contribution in [0.4, 0.5) is 0 Å². The number of hydrogen-bond donors (Lipinski definition) is 2. The summed E-state index contributed by atoms with van der Waals surface area (Å²) in [5, 5.41) is 3.16. The number of hydrogen-bond acceptors (Lipinski definition) is 2. The lowest BCUT2D eigenvalue weighted by Crippen LogP contribution is -2.37. The first kappa shape index (κ1) is 12.4. The minimum absolute atomic E-state index is 0.275. The molecule has 3 N–H and O–H groups in total. The summed E-state index contributed by atoms with van der Waals surface area (Å²) >= 11 is 0. The van der Waals surface area contributed by atoms with Crippen molar-refractivity contribution in [2.45, 2.75) is 46.1 Å². The highest BCUT2D eigenvalue weighted by Crippen LogP contribution is 2.11. The summed E-state index contributed by atoms with van der Waals surface area (Å²) in [6.45, 7) is 6.84. The van der Waals surface area contributed by atoms with Crippen molar-refractivity contribution in [1.82, 2.24) is 5.32 Å². The first-order chi connectivity index (χ1) is 6.10. The minimum Gasteiger partial charge on any atom is -0.369 e. The van der Waals surface area contributed by atoms with Gasteiger partial charge in [0, 0.05) is 6.04 Å². The van der Waals surface area contributed by atoms with E-state index >= 15 is 0 Å². The van der Waals surface area contributed by atoms with E-state index in [2.05, 4.69) is 26.1 Å². The highest BCUT2D eigenvalue weighted by atomic mass is 16.1. The molecule has 78 valence electrons. The standard InChI is InChI=1S/C10H22N2O/c1-4-8(3)6-9(5-2)12-7-10(11)13/h8-9,12H,4-7H2,1-3H3,(H2,11,13). The molecule has 0 radical (unpaired) electrons. The lowest BCUT2D eigenvalue weighted by atomic mass is 9.98. The van der Waals surface area contributed by atoms with Crippen LogP contribution in [0.5, 0.6) is 0 Å². The highest BCUT2D eigenvalue weighted by Gasteiger charge is 2.10. The second kappa shape index (κ2) is 6.89. The number of primary amides is 1. The molecule has 1 amide bonds. The zero-order chi connectivity index (χ0) is 10.3. The van der Waals surface area contributed by atoms with Gasteiger partial charge in [-0.05, 0) is 18.8 Å². The molecule has 0 spiro atoms. The number of carbonyl (C=O) groups is 1. The first-order valence-corrected chi connectivity index (χ1v) is 5.11. The maximum atomic E-state index is 10.5. The quantitative estimate of drug-likeness (QED) is 0.629. The maximum Gasteiger partial charge on any atom is 0.231 e. The second-order valence-corrected chi connectivity index (χ2v) is 3.70. The summed E-state index contributed by atoms with van der Waals surface area (Å²) in [6.07, 6.45) is 3.37. The van der Waals surface area contributed by atoms with E-state index in [0.717, 1.165) is 12.8 Å². The molecule has 0 saturated carbocycles. The van der Waals surface area contributed by atoms with Crippen LogP contribution in [0.3, 0.4) is 0 Å². The predicted molar refractivity (Wildman–Crippen MR) is 55.3 cm³/mol. The number of carbonyl (C=O) groups excluding carboxylic acids is 1. The molecule has 0 heterocycles. The van der Waals surface area contributed by atoms with Gasteiger partial charge in [0.15, 0.2) is 0 Å². The average molecular weight is 186 g/mol. The van der Waals surface area contributed by atoms with Crippen LogP contribution in [-0.2, 0) is 4.79 Å². The van der Waals surface area contributed by atoms with Crippen molar-refractivity contribution in [3.63, 3.8) is 0 Å². The van der Waals surface area contributed by atoms with E-state index in [1.165, 1.54) is 6.42 Å². The van der Waals surface area contributed by atoms with Gasteiger partial charge in [0.25, 0.3) is 0 Å². The van der Waals surface area contributed by atoms with Gasteiger partial charge in [0.2, 0.25) is 5.91 Å². The van der Waals surface area contributed by atoms with Crippen molar-refractivity contribution < 1.29 is 4.79 Å². The van der Waals surface area contributed by atoms with Gasteiger partial charge in [-0.15, -0.1) is 0 Å². The van der Waals surface area contributed by atoms with E-state index in [9.17, 15) is 4.79 Å². The van der Waals surface area contributed by atoms with Gasteiger partial charge >= 0.3 is 0 Å². The fourth-order valence-electron chi connectivity index (χ4n) is 1.29. The lowest BCUT2D eigenvalue weighted by Gasteiger charge is -2.19. The number of amides is 1. The second-order valence-electron chi connectivity index (χ2n) is 3.70. The molecule has 0 rings (SSSR count). The molecule has 3 heteroatoms. The van der Waals surface area contributed by atoms with Gasteiger partial charge < -0.3 is 11.1 Å². The summed E-state index contributed by atoms with van der Waals surface area (Å²) < 4.78 is 0. The average Bonchev–Trinajstić information content (AvgIpc) is 2.11. The molecule has 3 nitrogen and oxygen atoms in total. The summed E-state index contributed by atoms with van der Waals surface area (Å²) in [7, 11) is 0. The van der Waals surface area contributed by atoms with Crippen molar-refractivity contribution >= 4 is 5.91 Å². The number of nitrogens with two attached hydrogens (primary N) is 1. The molecule has 13 heavy (non-hydrogen) atoms. The monoisotopic (exact) mass is 186 g/mol. The van der Waals surface area contributed by atoms with E-state index in [4.69, 9.17) is 5.73 Å². The fourth-order valence-corrected chi connectivity index (χ4v) is 1.29. The SMILES string of the molecule is CCC(C)CC(CC)NCC(N)=O. The van der Waals surface area contributed by atoms with Crippen LogP contribution in [0.25, 0.3) is 0 Å². The normalized spacial score (nSPS) is 15.3. The van der Waals surface area contributed by atoms with Crippen molar-refractivity contribution in [2.24, 2.45) is 11.7 Å². The summed E-state index contributed by atoms with van der Waals surface area (Å²) in [5.41, 5.74) is 5.06. The molecule has 0 fully saturated rings. The van der Waals surface area contributed by atoms with Gasteiger partial charge in [-0.25, -0.2) is 0 Å². The molecular formula is C10H22N2O. The Labute approximate surface area is 81.1 Å². The van der Waals surface area contributed by atoms with E-state index in [1.54, 1.807) is 0 Å². The van der Waals surface area contributed by atoms with E-state index < -0.39 is 0 Å². The Kier molecular flexibility index (Phi) is 6.59. The number of rotatable bonds is 7. The minimum atomic E-state index is -0.275.